The molecule has 3 N–H and O–H groups in total. The van der Waals surface area contributed by atoms with Crippen LogP contribution < -0.4 is 16.0 Å². The van der Waals surface area contributed by atoms with Gasteiger partial charge in [-0.3, -0.25) is 9.59 Å². The Kier molecular flexibility index (Phi) is 8.86. The van der Waals surface area contributed by atoms with Gasteiger partial charge in [-0.05, 0) is 62.9 Å². The molecule has 142 valence electrons. The Labute approximate surface area is 155 Å². The highest BCUT2D eigenvalue weighted by atomic mass is 16.5. The lowest BCUT2D eigenvalue weighted by Gasteiger charge is -2.13. The fourth-order valence-electron chi connectivity index (χ4n) is 2.86. The number of amides is 2. The number of hydrogen-bond donors (Lipinski definition) is 3. The zero-order chi connectivity index (χ0) is 18.6. The first-order valence-corrected chi connectivity index (χ1v) is 9.24. The van der Waals surface area contributed by atoms with E-state index in [1.165, 1.54) is 31.3 Å². The highest BCUT2D eigenvalue weighted by Gasteiger charge is 2.07. The molecule has 0 aliphatic heterocycles. The van der Waals surface area contributed by atoms with Crippen molar-refractivity contribution in [1.82, 2.24) is 10.6 Å². The molecule has 0 heterocycles. The maximum absolute atomic E-state index is 12.0. The second kappa shape index (κ2) is 11.4. The molecule has 1 aliphatic rings. The molecule has 0 unspecified atom stereocenters. The molecule has 6 nitrogen and oxygen atoms in total. The standard InChI is InChI=1S/C20H29N3O3/c1-26-14-13-22-20(25)17-7-9-18(10-8-17)23-19(24)15-21-12-11-16-5-3-2-4-6-16/h5,7-10,21H,2-4,6,11-15H2,1H3,(H,22,25)(H,23,24). The molecule has 1 aromatic rings. The van der Waals surface area contributed by atoms with Crippen LogP contribution in [0, 0.1) is 0 Å². The van der Waals surface area contributed by atoms with Crippen molar-refractivity contribution < 1.29 is 14.3 Å². The molecule has 0 aromatic heterocycles. The Hall–Kier alpha value is -2.18. The Morgan fingerprint density at radius 2 is 1.92 bits per heavy atom. The normalized spacial score (nSPS) is 13.8. The largest absolute Gasteiger partial charge is 0.383 e. The van der Waals surface area contributed by atoms with Crippen LogP contribution in [0.1, 0.15) is 42.5 Å². The van der Waals surface area contributed by atoms with E-state index in [0.717, 1.165) is 13.0 Å². The van der Waals surface area contributed by atoms with Crippen LogP contribution in [0.3, 0.4) is 0 Å². The van der Waals surface area contributed by atoms with Crippen molar-refractivity contribution in [2.24, 2.45) is 0 Å². The molecule has 0 spiro atoms. The van der Waals surface area contributed by atoms with Crippen LogP contribution in [0.25, 0.3) is 0 Å². The maximum Gasteiger partial charge on any atom is 0.251 e. The molecule has 1 aromatic carbocycles. The quantitative estimate of drug-likeness (QED) is 0.443. The summed E-state index contributed by atoms with van der Waals surface area (Å²) in [4.78, 5) is 23.9. The first-order chi connectivity index (χ1) is 12.7. The SMILES string of the molecule is COCCNC(=O)c1ccc(NC(=O)CNCCC2=CCCCC2)cc1. The van der Waals surface area contributed by atoms with E-state index in [-0.39, 0.29) is 18.4 Å². The molecular formula is C20H29N3O3. The molecule has 0 bridgehead atoms. The second-order valence-electron chi connectivity index (χ2n) is 6.41. The van der Waals surface area contributed by atoms with Gasteiger partial charge in [-0.15, -0.1) is 0 Å². The fraction of sp³-hybridized carbons (Fsp3) is 0.500. The lowest BCUT2D eigenvalue weighted by Crippen LogP contribution is -2.29. The number of allylic oxidation sites excluding steroid dienone is 1. The van der Waals surface area contributed by atoms with Crippen LogP contribution in [0.4, 0.5) is 5.69 Å². The Morgan fingerprint density at radius 1 is 1.12 bits per heavy atom. The minimum Gasteiger partial charge on any atom is -0.383 e. The molecule has 0 saturated heterocycles. The number of benzene rings is 1. The van der Waals surface area contributed by atoms with Gasteiger partial charge in [0.05, 0.1) is 13.2 Å². The number of ether oxygens (including phenoxy) is 1. The average Bonchev–Trinajstić information content (AvgIpc) is 2.67. The molecule has 0 radical (unpaired) electrons. The van der Waals surface area contributed by atoms with Crippen LogP contribution in [-0.4, -0.2) is 45.2 Å². The highest BCUT2D eigenvalue weighted by molar-refractivity contribution is 5.96. The summed E-state index contributed by atoms with van der Waals surface area (Å²) in [5.74, 6) is -0.237. The Balaban J connectivity index is 1.66. The number of hydrogen-bond acceptors (Lipinski definition) is 4. The fourth-order valence-corrected chi connectivity index (χ4v) is 2.86. The third-order valence-corrected chi connectivity index (χ3v) is 4.32. The van der Waals surface area contributed by atoms with Gasteiger partial charge in [0, 0.05) is 24.9 Å². The summed E-state index contributed by atoms with van der Waals surface area (Å²) in [6, 6.07) is 6.85. The lowest BCUT2D eigenvalue weighted by molar-refractivity contribution is -0.115. The minimum absolute atomic E-state index is 0.0834. The predicted octanol–water partition coefficient (Wildman–Crippen LogP) is 2.48. The number of carbonyl (C=O) groups is 2. The van der Waals surface area contributed by atoms with Crippen molar-refractivity contribution >= 4 is 17.5 Å². The first-order valence-electron chi connectivity index (χ1n) is 9.24. The maximum atomic E-state index is 12.0. The molecule has 26 heavy (non-hydrogen) atoms. The van der Waals surface area contributed by atoms with E-state index in [9.17, 15) is 9.59 Å². The topological polar surface area (TPSA) is 79.5 Å². The van der Waals surface area contributed by atoms with Crippen molar-refractivity contribution in [2.75, 3.05) is 38.7 Å². The van der Waals surface area contributed by atoms with Gasteiger partial charge in [-0.2, -0.15) is 0 Å². The van der Waals surface area contributed by atoms with E-state index >= 15 is 0 Å². The molecular weight excluding hydrogens is 330 g/mol. The highest BCUT2D eigenvalue weighted by Crippen LogP contribution is 2.19. The van der Waals surface area contributed by atoms with E-state index in [1.807, 2.05) is 0 Å². The van der Waals surface area contributed by atoms with E-state index in [2.05, 4.69) is 22.0 Å². The van der Waals surface area contributed by atoms with Crippen molar-refractivity contribution in [3.63, 3.8) is 0 Å². The van der Waals surface area contributed by atoms with Gasteiger partial charge in [0.15, 0.2) is 0 Å². The molecule has 2 rings (SSSR count). The number of rotatable bonds is 10. The van der Waals surface area contributed by atoms with Gasteiger partial charge in [-0.25, -0.2) is 0 Å². The number of nitrogens with one attached hydrogen (secondary N) is 3. The van der Waals surface area contributed by atoms with Crippen molar-refractivity contribution in [2.45, 2.75) is 32.1 Å². The van der Waals surface area contributed by atoms with Crippen molar-refractivity contribution in [3.05, 3.63) is 41.5 Å². The summed E-state index contributed by atoms with van der Waals surface area (Å²) >= 11 is 0. The summed E-state index contributed by atoms with van der Waals surface area (Å²) in [7, 11) is 1.59. The Morgan fingerprint density at radius 3 is 2.62 bits per heavy atom. The average molecular weight is 359 g/mol. The summed E-state index contributed by atoms with van der Waals surface area (Å²) in [6.45, 7) is 2.05. The third kappa shape index (κ3) is 7.37. The molecule has 2 amide bonds. The van der Waals surface area contributed by atoms with Gasteiger partial charge in [0.2, 0.25) is 5.91 Å². The molecule has 0 saturated carbocycles. The second-order valence-corrected chi connectivity index (χ2v) is 6.41. The van der Waals surface area contributed by atoms with E-state index in [0.29, 0.717) is 24.4 Å². The smallest absolute Gasteiger partial charge is 0.251 e. The monoisotopic (exact) mass is 359 g/mol. The van der Waals surface area contributed by atoms with E-state index < -0.39 is 0 Å². The lowest BCUT2D eigenvalue weighted by atomic mass is 9.97. The number of methoxy groups -OCH3 is 1. The van der Waals surface area contributed by atoms with Crippen LogP contribution in [-0.2, 0) is 9.53 Å². The zero-order valence-electron chi connectivity index (χ0n) is 15.5. The van der Waals surface area contributed by atoms with Gasteiger partial charge in [0.1, 0.15) is 0 Å². The van der Waals surface area contributed by atoms with E-state index in [4.69, 9.17) is 4.74 Å². The summed E-state index contributed by atoms with van der Waals surface area (Å²) < 4.78 is 4.89. The van der Waals surface area contributed by atoms with Crippen LogP contribution >= 0.6 is 0 Å². The Bertz CT molecular complexity index is 611. The summed E-state index contributed by atoms with van der Waals surface area (Å²) in [5, 5.41) is 8.77. The van der Waals surface area contributed by atoms with Gasteiger partial charge >= 0.3 is 0 Å². The summed E-state index contributed by atoms with van der Waals surface area (Å²) in [5.41, 5.74) is 2.74. The van der Waals surface area contributed by atoms with Crippen LogP contribution in [0.15, 0.2) is 35.9 Å². The van der Waals surface area contributed by atoms with Crippen molar-refractivity contribution in [3.8, 4) is 0 Å². The molecule has 0 fully saturated rings. The van der Waals surface area contributed by atoms with Gasteiger partial charge in [0.25, 0.3) is 5.91 Å². The third-order valence-electron chi connectivity index (χ3n) is 4.32. The number of carbonyl (C=O) groups excluding carboxylic acids is 2. The van der Waals surface area contributed by atoms with Crippen LogP contribution in [0.5, 0.6) is 0 Å². The predicted molar refractivity (Wildman–Crippen MR) is 103 cm³/mol. The van der Waals surface area contributed by atoms with Gasteiger partial charge < -0.3 is 20.7 Å². The number of anilines is 1. The molecule has 1 aliphatic carbocycles. The molecule has 0 atom stereocenters. The van der Waals surface area contributed by atoms with Gasteiger partial charge in [-0.1, -0.05) is 11.6 Å². The minimum atomic E-state index is -0.154. The van der Waals surface area contributed by atoms with Crippen LogP contribution in [0.2, 0.25) is 0 Å². The molecule has 6 heteroatoms. The summed E-state index contributed by atoms with van der Waals surface area (Å²) in [6.07, 6.45) is 8.31. The first kappa shape index (κ1) is 20.1. The van der Waals surface area contributed by atoms with Crippen molar-refractivity contribution in [1.29, 1.82) is 0 Å². The van der Waals surface area contributed by atoms with E-state index in [1.54, 1.807) is 31.4 Å². The zero-order valence-corrected chi connectivity index (χ0v) is 15.5.